The van der Waals surface area contributed by atoms with E-state index in [0.29, 0.717) is 0 Å². The zero-order valence-corrected chi connectivity index (χ0v) is 7.56. The van der Waals surface area contributed by atoms with Gasteiger partial charge in [-0.2, -0.15) is 0 Å². The molecular formula is C10H17NO. The molecule has 1 aliphatic rings. The molecule has 1 unspecified atom stereocenters. The number of nitrogens with one attached hydrogen (secondary N) is 1. The summed E-state index contributed by atoms with van der Waals surface area (Å²) in [6, 6.07) is 0. The van der Waals surface area contributed by atoms with Crippen LogP contribution in [0.25, 0.3) is 0 Å². The molecule has 2 heteroatoms. The van der Waals surface area contributed by atoms with Gasteiger partial charge in [0, 0.05) is 18.4 Å². The Hall–Kier alpha value is -0.790. The maximum Gasteiger partial charge on any atom is 0.227 e. The van der Waals surface area contributed by atoms with Crippen molar-refractivity contribution in [3.8, 4) is 0 Å². The van der Waals surface area contributed by atoms with Gasteiger partial charge in [-0.3, -0.25) is 4.79 Å². The Kier molecular flexibility index (Phi) is 0.961. The number of hydrogen-bond acceptors (Lipinski definition) is 1. The second-order valence-corrected chi connectivity index (χ2v) is 3.74. The number of piperidine rings is 1. The minimum Gasteiger partial charge on any atom is -0.330 e. The van der Waals surface area contributed by atoms with Gasteiger partial charge in [-0.15, -0.1) is 0 Å². The van der Waals surface area contributed by atoms with Crippen molar-refractivity contribution >= 4 is 5.91 Å². The van der Waals surface area contributed by atoms with Crippen molar-refractivity contribution in [3.63, 3.8) is 0 Å². The highest BCUT2D eigenvalue weighted by molar-refractivity contribution is 5.82. The first kappa shape index (κ1) is 3.95. The van der Waals surface area contributed by atoms with E-state index in [4.69, 9.17) is 8.27 Å². The highest BCUT2D eigenvalue weighted by Gasteiger charge is 2.33. The van der Waals surface area contributed by atoms with Gasteiger partial charge in [-0.25, -0.2) is 0 Å². The largest absolute Gasteiger partial charge is 0.330 e. The lowest BCUT2D eigenvalue weighted by Crippen LogP contribution is -2.41. The van der Waals surface area contributed by atoms with Crippen molar-refractivity contribution in [2.75, 3.05) is 0 Å². The van der Waals surface area contributed by atoms with Crippen LogP contribution in [0.1, 0.15) is 40.4 Å². The fraction of sp³-hybridized carbons (Fsp3) is 0.700. The SMILES string of the molecule is [2H]N1C(=C)C([2H])([2H])C([2H])([2H])C([2H])(C(C)(C)C)C1=O. The summed E-state index contributed by atoms with van der Waals surface area (Å²) in [6.45, 7) is 7.70. The van der Waals surface area contributed by atoms with Gasteiger partial charge < -0.3 is 5.31 Å². The van der Waals surface area contributed by atoms with Gasteiger partial charge in [-0.1, -0.05) is 27.4 Å². The molecule has 2 nitrogen and oxygen atoms in total. The molecule has 1 atom stereocenters. The Labute approximate surface area is 82.5 Å². The second kappa shape index (κ2) is 2.92. The van der Waals surface area contributed by atoms with E-state index in [0.717, 1.165) is 0 Å². The molecule has 0 saturated carbocycles. The number of carbonyl (C=O) groups is 1. The quantitative estimate of drug-likeness (QED) is 0.597. The Bertz CT molecular complexity index is 413. The Morgan fingerprint density at radius 2 is 2.42 bits per heavy atom. The van der Waals surface area contributed by atoms with Gasteiger partial charge in [0.1, 0.15) is 0 Å². The van der Waals surface area contributed by atoms with Crippen LogP contribution in [-0.4, -0.2) is 5.91 Å². The molecular weight excluding hydrogens is 150 g/mol. The number of hydrogen-bond donors (Lipinski definition) is 1. The van der Waals surface area contributed by atoms with Crippen molar-refractivity contribution in [3.05, 3.63) is 12.3 Å². The minimum atomic E-state index is -2.77. The topological polar surface area (TPSA) is 29.1 Å². The average molecular weight is 173 g/mol. The summed E-state index contributed by atoms with van der Waals surface area (Å²) in [5, 5.41) is 0.208. The van der Waals surface area contributed by atoms with E-state index in [1.807, 2.05) is 0 Å². The van der Waals surface area contributed by atoms with E-state index < -0.39 is 35.7 Å². The molecule has 1 heterocycles. The molecule has 0 bridgehead atoms. The summed E-state index contributed by atoms with van der Waals surface area (Å²) in [7, 11) is 0. The van der Waals surface area contributed by atoms with E-state index in [2.05, 4.69) is 6.58 Å². The van der Waals surface area contributed by atoms with Crippen LogP contribution in [0.15, 0.2) is 12.3 Å². The number of rotatable bonds is 0. The Morgan fingerprint density at radius 1 is 1.83 bits per heavy atom. The molecule has 0 radical (unpaired) electrons. The summed E-state index contributed by atoms with van der Waals surface area (Å²) in [6.07, 6.45) is -5.43. The van der Waals surface area contributed by atoms with Gasteiger partial charge in [0.25, 0.3) is 0 Å². The average Bonchev–Trinajstić information content (AvgIpc) is 2.21. The molecule has 0 aromatic rings. The van der Waals surface area contributed by atoms with Crippen LogP contribution in [0.4, 0.5) is 0 Å². The number of allylic oxidation sites excluding steroid dienone is 1. The zero-order chi connectivity index (χ0) is 14.7. The second-order valence-electron chi connectivity index (χ2n) is 3.74. The van der Waals surface area contributed by atoms with Crippen LogP contribution in [0.5, 0.6) is 0 Å². The van der Waals surface area contributed by atoms with Crippen molar-refractivity contribution in [1.29, 1.82) is 0 Å². The van der Waals surface area contributed by atoms with Crippen molar-refractivity contribution in [2.45, 2.75) is 33.5 Å². The fourth-order valence-electron chi connectivity index (χ4n) is 0.903. The minimum absolute atomic E-state index is 0.208. The summed E-state index contributed by atoms with van der Waals surface area (Å²) < 4.78 is 47.0. The van der Waals surface area contributed by atoms with E-state index in [1.54, 1.807) is 0 Å². The van der Waals surface area contributed by atoms with Gasteiger partial charge in [0.2, 0.25) is 5.91 Å². The molecule has 1 rings (SSSR count). The monoisotopic (exact) mass is 173 g/mol. The van der Waals surface area contributed by atoms with Crippen molar-refractivity contribution < 1.29 is 13.1 Å². The third kappa shape index (κ3) is 1.87. The van der Waals surface area contributed by atoms with Crippen LogP contribution in [0.3, 0.4) is 0 Å². The lowest BCUT2D eigenvalue weighted by Gasteiger charge is -2.33. The first-order valence-electron chi connectivity index (χ1n) is 6.70. The predicted molar refractivity (Wildman–Crippen MR) is 49.5 cm³/mol. The third-order valence-electron chi connectivity index (χ3n) is 1.53. The summed E-state index contributed by atoms with van der Waals surface area (Å²) in [4.78, 5) is 12.1. The highest BCUT2D eigenvalue weighted by atomic mass is 16.2. The molecule has 1 saturated heterocycles. The first-order chi connectivity index (χ1) is 7.73. The Morgan fingerprint density at radius 3 is 2.92 bits per heavy atom. The molecule has 1 N–H and O–H groups in total. The lowest BCUT2D eigenvalue weighted by atomic mass is 9.76. The van der Waals surface area contributed by atoms with Crippen molar-refractivity contribution in [2.24, 2.45) is 11.3 Å². The van der Waals surface area contributed by atoms with Gasteiger partial charge >= 0.3 is 0 Å². The van der Waals surface area contributed by atoms with E-state index in [9.17, 15) is 4.79 Å². The molecule has 1 aliphatic heterocycles. The zero-order valence-electron chi connectivity index (χ0n) is 13.6. The van der Waals surface area contributed by atoms with Crippen LogP contribution in [0, 0.1) is 11.3 Å². The smallest absolute Gasteiger partial charge is 0.227 e. The van der Waals surface area contributed by atoms with Gasteiger partial charge in [0.15, 0.2) is 1.41 Å². The molecule has 68 valence electrons. The molecule has 0 aromatic carbocycles. The van der Waals surface area contributed by atoms with E-state index >= 15 is 0 Å². The maximum atomic E-state index is 12.1. The lowest BCUT2D eigenvalue weighted by molar-refractivity contribution is -0.129. The standard InChI is InChI=1S/C10H17NO/c1-7-5-6-8(9(12)11-7)10(2,3)4/h8H,1,5-6H2,2-4H3,(H,11,12)/i5D2,6D2,8D/hD. The number of carbonyl (C=O) groups excluding carboxylic acids is 1. The van der Waals surface area contributed by atoms with E-state index in [-0.39, 0.29) is 5.31 Å². The van der Waals surface area contributed by atoms with Crippen LogP contribution < -0.4 is 5.31 Å². The normalized spacial score (nSPS) is 48.1. The maximum absolute atomic E-state index is 12.1. The summed E-state index contributed by atoms with van der Waals surface area (Å²) in [5.41, 5.74) is -1.74. The molecule has 1 amide bonds. The summed E-state index contributed by atoms with van der Waals surface area (Å²) >= 11 is 0. The molecule has 0 aromatic heterocycles. The fourth-order valence-corrected chi connectivity index (χ4v) is 0.903. The third-order valence-corrected chi connectivity index (χ3v) is 1.53. The highest BCUT2D eigenvalue weighted by Crippen LogP contribution is 2.33. The first-order valence-corrected chi connectivity index (χ1v) is 3.75. The predicted octanol–water partition coefficient (Wildman–Crippen LogP) is 2.07. The number of amides is 1. The van der Waals surface area contributed by atoms with Crippen LogP contribution in [-0.2, 0) is 4.79 Å². The van der Waals surface area contributed by atoms with Crippen molar-refractivity contribution in [1.82, 2.24) is 5.31 Å². The molecule has 0 aliphatic carbocycles. The van der Waals surface area contributed by atoms with Crippen LogP contribution in [0.2, 0.25) is 1.41 Å². The van der Waals surface area contributed by atoms with Gasteiger partial charge in [0.05, 0.1) is 0 Å². The Balaban J connectivity index is 3.61. The van der Waals surface area contributed by atoms with E-state index in [1.165, 1.54) is 20.8 Å². The molecule has 12 heavy (non-hydrogen) atoms. The van der Waals surface area contributed by atoms with Gasteiger partial charge in [-0.05, 0) is 18.2 Å². The molecule has 0 spiro atoms. The van der Waals surface area contributed by atoms with Crippen LogP contribution >= 0.6 is 0 Å². The molecule has 1 fully saturated rings. The summed E-state index contributed by atoms with van der Waals surface area (Å²) in [5.74, 6) is -3.49.